The molecule has 4 rings (SSSR count). The van der Waals surface area contributed by atoms with Crippen molar-refractivity contribution in [2.45, 2.75) is 6.18 Å². The topological polar surface area (TPSA) is 76.5 Å². The van der Waals surface area contributed by atoms with Gasteiger partial charge in [-0.25, -0.2) is 4.68 Å². The molecule has 1 N–H and O–H groups in total. The van der Waals surface area contributed by atoms with Gasteiger partial charge in [0.05, 0.1) is 22.6 Å². The molecule has 3 aromatic rings. The Kier molecular flexibility index (Phi) is 5.32. The zero-order valence-corrected chi connectivity index (χ0v) is 16.4. The van der Waals surface area contributed by atoms with Gasteiger partial charge in [-0.15, -0.1) is 0 Å². The zero-order chi connectivity index (χ0) is 22.2. The fourth-order valence-electron chi connectivity index (χ4n) is 3.11. The van der Waals surface area contributed by atoms with Crippen LogP contribution >= 0.6 is 11.6 Å². The number of fused-ring (bicyclic) bond motifs is 1. The van der Waals surface area contributed by atoms with E-state index in [4.69, 9.17) is 16.3 Å². The molecule has 2 heterocycles. The van der Waals surface area contributed by atoms with Crippen molar-refractivity contribution in [3.63, 3.8) is 0 Å². The van der Waals surface area contributed by atoms with Crippen LogP contribution in [0.4, 0.5) is 24.5 Å². The Morgan fingerprint density at radius 3 is 2.71 bits per heavy atom. The number of nitrogens with one attached hydrogen (secondary N) is 1. The van der Waals surface area contributed by atoms with E-state index in [2.05, 4.69) is 10.4 Å². The van der Waals surface area contributed by atoms with Crippen LogP contribution in [0.3, 0.4) is 0 Å². The molecule has 0 radical (unpaired) electrons. The molecule has 0 aliphatic carbocycles. The second-order valence-electron chi connectivity index (χ2n) is 6.61. The fraction of sp³-hybridized carbons (Fsp3) is 0.150. The van der Waals surface area contributed by atoms with Gasteiger partial charge in [0, 0.05) is 17.4 Å². The van der Waals surface area contributed by atoms with E-state index in [1.165, 1.54) is 34.1 Å². The lowest BCUT2D eigenvalue weighted by Crippen LogP contribution is -2.43. The second kappa shape index (κ2) is 7.95. The molecule has 2 amide bonds. The van der Waals surface area contributed by atoms with Crippen LogP contribution in [0.25, 0.3) is 5.69 Å². The normalized spacial score (nSPS) is 13.5. The molecular formula is C20H14ClF3N4O3. The van der Waals surface area contributed by atoms with Crippen molar-refractivity contribution in [3.8, 4) is 11.4 Å². The van der Waals surface area contributed by atoms with Gasteiger partial charge < -0.3 is 10.1 Å². The summed E-state index contributed by atoms with van der Waals surface area (Å²) in [5.74, 6) is -0.816. The Morgan fingerprint density at radius 1 is 1.19 bits per heavy atom. The van der Waals surface area contributed by atoms with E-state index >= 15 is 0 Å². The van der Waals surface area contributed by atoms with E-state index in [-0.39, 0.29) is 18.0 Å². The van der Waals surface area contributed by atoms with Crippen LogP contribution in [0.15, 0.2) is 54.9 Å². The third-order valence-electron chi connectivity index (χ3n) is 4.51. The standard InChI is InChI=1S/C20H14ClF3N4O3/c21-13-3-5-17-16(9-13)27(19(30)11-31-17)10-18(29)26-14-8-12(20(22,23)24)2-4-15(14)28-7-1-6-25-28/h1-9H,10-11H2,(H,26,29). The van der Waals surface area contributed by atoms with E-state index < -0.39 is 30.1 Å². The molecule has 31 heavy (non-hydrogen) atoms. The van der Waals surface area contributed by atoms with Gasteiger partial charge in [-0.1, -0.05) is 11.6 Å². The van der Waals surface area contributed by atoms with Gasteiger partial charge in [0.1, 0.15) is 12.3 Å². The summed E-state index contributed by atoms with van der Waals surface area (Å²) in [5, 5.41) is 6.79. The molecule has 0 unspecified atom stereocenters. The number of ether oxygens (including phenoxy) is 1. The van der Waals surface area contributed by atoms with Crippen LogP contribution in [0, 0.1) is 0 Å². The van der Waals surface area contributed by atoms with Crippen molar-refractivity contribution < 1.29 is 27.5 Å². The number of anilines is 2. The summed E-state index contributed by atoms with van der Waals surface area (Å²) in [6.45, 7) is -0.714. The number of hydrogen-bond acceptors (Lipinski definition) is 4. The quantitative estimate of drug-likeness (QED) is 0.654. The van der Waals surface area contributed by atoms with E-state index in [0.29, 0.717) is 16.5 Å². The largest absolute Gasteiger partial charge is 0.482 e. The number of hydrogen-bond donors (Lipinski definition) is 1. The molecule has 0 bridgehead atoms. The van der Waals surface area contributed by atoms with Crippen LogP contribution in [0.2, 0.25) is 5.02 Å². The van der Waals surface area contributed by atoms with E-state index in [1.54, 1.807) is 18.2 Å². The van der Waals surface area contributed by atoms with Gasteiger partial charge in [0.2, 0.25) is 5.91 Å². The fourth-order valence-corrected chi connectivity index (χ4v) is 3.27. The van der Waals surface area contributed by atoms with Crippen LogP contribution in [0.5, 0.6) is 5.75 Å². The Labute approximate surface area is 179 Å². The number of amides is 2. The highest BCUT2D eigenvalue weighted by atomic mass is 35.5. The molecule has 0 saturated carbocycles. The molecular weight excluding hydrogens is 437 g/mol. The maximum Gasteiger partial charge on any atom is 0.416 e. The van der Waals surface area contributed by atoms with Crippen molar-refractivity contribution in [1.29, 1.82) is 0 Å². The van der Waals surface area contributed by atoms with Gasteiger partial charge in [0.25, 0.3) is 5.91 Å². The maximum atomic E-state index is 13.2. The van der Waals surface area contributed by atoms with Gasteiger partial charge in [-0.2, -0.15) is 18.3 Å². The van der Waals surface area contributed by atoms with Crippen molar-refractivity contribution in [2.24, 2.45) is 0 Å². The summed E-state index contributed by atoms with van der Waals surface area (Å²) in [7, 11) is 0. The van der Waals surface area contributed by atoms with Gasteiger partial charge in [0.15, 0.2) is 6.61 Å². The number of halogens is 4. The highest BCUT2D eigenvalue weighted by Gasteiger charge is 2.32. The number of carbonyl (C=O) groups is 2. The third-order valence-corrected chi connectivity index (χ3v) is 4.75. The molecule has 0 spiro atoms. The highest BCUT2D eigenvalue weighted by molar-refractivity contribution is 6.31. The Hall–Kier alpha value is -3.53. The number of alkyl halides is 3. The Balaban J connectivity index is 1.63. The van der Waals surface area contributed by atoms with Crippen LogP contribution in [-0.2, 0) is 15.8 Å². The number of benzene rings is 2. The van der Waals surface area contributed by atoms with Crippen molar-refractivity contribution in [1.82, 2.24) is 9.78 Å². The predicted molar refractivity (Wildman–Crippen MR) is 106 cm³/mol. The molecule has 160 valence electrons. The summed E-state index contributed by atoms with van der Waals surface area (Å²) in [5.41, 5.74) is -0.493. The molecule has 1 aliphatic heterocycles. The van der Waals surface area contributed by atoms with Crippen molar-refractivity contribution in [2.75, 3.05) is 23.4 Å². The molecule has 0 saturated heterocycles. The minimum atomic E-state index is -4.60. The SMILES string of the molecule is O=C(CN1C(=O)COc2ccc(Cl)cc21)Nc1cc(C(F)(F)F)ccc1-n1cccn1. The summed E-state index contributed by atoms with van der Waals surface area (Å²) in [4.78, 5) is 26.2. The third kappa shape index (κ3) is 4.33. The molecule has 2 aromatic carbocycles. The number of nitrogens with zero attached hydrogens (tertiary/aromatic N) is 3. The van der Waals surface area contributed by atoms with Crippen LogP contribution in [-0.4, -0.2) is 34.7 Å². The maximum absolute atomic E-state index is 13.2. The lowest BCUT2D eigenvalue weighted by molar-refractivity contribution is -0.137. The molecule has 1 aliphatic rings. The summed E-state index contributed by atoms with van der Waals surface area (Å²) in [6.07, 6.45) is -1.61. The van der Waals surface area contributed by atoms with Gasteiger partial charge >= 0.3 is 6.18 Å². The minimum Gasteiger partial charge on any atom is -0.482 e. The first-order valence-corrected chi connectivity index (χ1v) is 9.34. The summed E-state index contributed by atoms with van der Waals surface area (Å²) < 4.78 is 46.2. The summed E-state index contributed by atoms with van der Waals surface area (Å²) >= 11 is 5.98. The van der Waals surface area contributed by atoms with E-state index in [9.17, 15) is 22.8 Å². The van der Waals surface area contributed by atoms with Crippen molar-refractivity contribution in [3.05, 3.63) is 65.4 Å². The molecule has 11 heteroatoms. The number of rotatable bonds is 4. The highest BCUT2D eigenvalue weighted by Crippen LogP contribution is 2.35. The van der Waals surface area contributed by atoms with Crippen LogP contribution in [0.1, 0.15) is 5.56 Å². The first kappa shape index (κ1) is 20.7. The summed E-state index contributed by atoms with van der Waals surface area (Å²) in [6, 6.07) is 9.14. The van der Waals surface area contributed by atoms with Gasteiger partial charge in [-0.3, -0.25) is 14.5 Å². The average molecular weight is 451 g/mol. The lowest BCUT2D eigenvalue weighted by Gasteiger charge is -2.29. The first-order chi connectivity index (χ1) is 14.7. The monoisotopic (exact) mass is 450 g/mol. The molecule has 7 nitrogen and oxygen atoms in total. The number of aromatic nitrogens is 2. The molecule has 0 atom stereocenters. The second-order valence-corrected chi connectivity index (χ2v) is 7.05. The Morgan fingerprint density at radius 2 is 2.00 bits per heavy atom. The smallest absolute Gasteiger partial charge is 0.416 e. The van der Waals surface area contributed by atoms with Crippen molar-refractivity contribution >= 4 is 34.8 Å². The van der Waals surface area contributed by atoms with E-state index in [1.807, 2.05) is 0 Å². The average Bonchev–Trinajstić information content (AvgIpc) is 3.24. The predicted octanol–water partition coefficient (Wildman–Crippen LogP) is 3.91. The van der Waals surface area contributed by atoms with Crippen LogP contribution < -0.4 is 15.0 Å². The lowest BCUT2D eigenvalue weighted by atomic mass is 10.1. The zero-order valence-electron chi connectivity index (χ0n) is 15.7. The molecule has 0 fully saturated rings. The minimum absolute atomic E-state index is 0.101. The molecule has 1 aromatic heterocycles. The van der Waals surface area contributed by atoms with E-state index in [0.717, 1.165) is 12.1 Å². The Bertz CT molecular complexity index is 1150. The number of carbonyl (C=O) groups excluding carboxylic acids is 2. The van der Waals surface area contributed by atoms with Gasteiger partial charge in [-0.05, 0) is 42.5 Å². The first-order valence-electron chi connectivity index (χ1n) is 8.96.